The molecule has 0 saturated carbocycles. The summed E-state index contributed by atoms with van der Waals surface area (Å²) in [5, 5.41) is 4.24. The minimum absolute atomic E-state index is 0.736. The Morgan fingerprint density at radius 3 is 2.76 bits per heavy atom. The van der Waals surface area contributed by atoms with Crippen LogP contribution in [0.25, 0.3) is 0 Å². The van der Waals surface area contributed by atoms with Gasteiger partial charge in [0.25, 0.3) is 0 Å². The van der Waals surface area contributed by atoms with Gasteiger partial charge in [-0.3, -0.25) is 4.99 Å². The molecule has 0 aromatic heterocycles. The third kappa shape index (κ3) is 5.06. The van der Waals surface area contributed by atoms with E-state index in [1.165, 1.54) is 25.3 Å². The molecule has 2 rings (SSSR count). The van der Waals surface area contributed by atoms with Crippen LogP contribution in [0.1, 0.15) is 27.2 Å². The number of nitrogens with one attached hydrogen (secondary N) is 1. The lowest BCUT2D eigenvalue weighted by molar-refractivity contribution is 0.376. The second-order valence-corrected chi connectivity index (χ2v) is 8.06. The van der Waals surface area contributed by atoms with Crippen LogP contribution < -0.4 is 5.32 Å². The Kier molecular flexibility index (Phi) is 6.68. The molecule has 2 unspecified atom stereocenters. The predicted molar refractivity (Wildman–Crippen MR) is 94.2 cm³/mol. The predicted octanol–water partition coefficient (Wildman–Crippen LogP) is 1.98. The van der Waals surface area contributed by atoms with Gasteiger partial charge in [-0.1, -0.05) is 13.8 Å². The highest BCUT2D eigenvalue weighted by Gasteiger charge is 2.25. The number of hydrogen-bond donors (Lipinski definition) is 1. The molecule has 2 heterocycles. The SMILES string of the molecule is CCNC(=NCC1CCN(C)C1)N1CCSC(C(C)C)C1. The van der Waals surface area contributed by atoms with Crippen molar-refractivity contribution in [3.8, 4) is 0 Å². The molecule has 0 radical (unpaired) electrons. The quantitative estimate of drug-likeness (QED) is 0.635. The number of thioether (sulfide) groups is 1. The van der Waals surface area contributed by atoms with Crippen molar-refractivity contribution < 1.29 is 0 Å². The number of guanidine groups is 1. The highest BCUT2D eigenvalue weighted by molar-refractivity contribution is 8.00. The zero-order chi connectivity index (χ0) is 15.2. The minimum Gasteiger partial charge on any atom is -0.357 e. The summed E-state index contributed by atoms with van der Waals surface area (Å²) in [4.78, 5) is 9.83. The summed E-state index contributed by atoms with van der Waals surface area (Å²) in [7, 11) is 2.21. The largest absolute Gasteiger partial charge is 0.357 e. The average molecular weight is 313 g/mol. The first-order valence-electron chi connectivity index (χ1n) is 8.43. The lowest BCUT2D eigenvalue weighted by atomic mass is 10.1. The molecule has 2 fully saturated rings. The van der Waals surface area contributed by atoms with Crippen LogP contribution >= 0.6 is 11.8 Å². The van der Waals surface area contributed by atoms with Gasteiger partial charge in [0.05, 0.1) is 0 Å². The molecule has 122 valence electrons. The molecule has 2 saturated heterocycles. The van der Waals surface area contributed by atoms with E-state index in [0.717, 1.165) is 49.2 Å². The lowest BCUT2D eigenvalue weighted by Crippen LogP contribution is -2.49. The van der Waals surface area contributed by atoms with Crippen molar-refractivity contribution in [2.45, 2.75) is 32.4 Å². The maximum Gasteiger partial charge on any atom is 0.193 e. The fraction of sp³-hybridized carbons (Fsp3) is 0.938. The van der Waals surface area contributed by atoms with Crippen molar-refractivity contribution in [2.75, 3.05) is 52.1 Å². The third-order valence-corrected chi connectivity index (χ3v) is 6.00. The van der Waals surface area contributed by atoms with Gasteiger partial charge in [-0.2, -0.15) is 11.8 Å². The number of likely N-dealkylation sites (tertiary alicyclic amines) is 1. The van der Waals surface area contributed by atoms with E-state index >= 15 is 0 Å². The van der Waals surface area contributed by atoms with Gasteiger partial charge in [-0.25, -0.2) is 0 Å². The van der Waals surface area contributed by atoms with Gasteiger partial charge in [-0.05, 0) is 38.8 Å². The molecule has 2 aliphatic rings. The molecular weight excluding hydrogens is 280 g/mol. The van der Waals surface area contributed by atoms with E-state index in [1.807, 2.05) is 0 Å². The second kappa shape index (κ2) is 8.28. The van der Waals surface area contributed by atoms with E-state index in [9.17, 15) is 0 Å². The van der Waals surface area contributed by atoms with E-state index < -0.39 is 0 Å². The van der Waals surface area contributed by atoms with Crippen LogP contribution in [0.5, 0.6) is 0 Å². The van der Waals surface area contributed by atoms with Gasteiger partial charge in [-0.15, -0.1) is 0 Å². The first-order chi connectivity index (χ1) is 10.1. The molecule has 21 heavy (non-hydrogen) atoms. The molecule has 1 N–H and O–H groups in total. The van der Waals surface area contributed by atoms with Crippen molar-refractivity contribution in [2.24, 2.45) is 16.8 Å². The van der Waals surface area contributed by atoms with Crippen LogP contribution in [0.3, 0.4) is 0 Å². The number of nitrogens with zero attached hydrogens (tertiary/aromatic N) is 3. The number of rotatable bonds is 4. The molecule has 2 aliphatic heterocycles. The molecule has 0 spiro atoms. The fourth-order valence-corrected chi connectivity index (χ4v) is 4.39. The summed E-state index contributed by atoms with van der Waals surface area (Å²) in [5.74, 6) is 3.84. The van der Waals surface area contributed by atoms with Gasteiger partial charge >= 0.3 is 0 Å². The van der Waals surface area contributed by atoms with E-state index in [1.54, 1.807) is 0 Å². The molecule has 0 aromatic rings. The molecule has 0 bridgehead atoms. The van der Waals surface area contributed by atoms with Crippen LogP contribution in [0.15, 0.2) is 4.99 Å². The summed E-state index contributed by atoms with van der Waals surface area (Å²) in [6.07, 6.45) is 1.30. The van der Waals surface area contributed by atoms with Gasteiger partial charge in [0.1, 0.15) is 0 Å². The highest BCUT2D eigenvalue weighted by atomic mass is 32.2. The summed E-state index contributed by atoms with van der Waals surface area (Å²) < 4.78 is 0. The van der Waals surface area contributed by atoms with E-state index in [-0.39, 0.29) is 0 Å². The number of hydrogen-bond acceptors (Lipinski definition) is 3. The second-order valence-electron chi connectivity index (χ2n) is 6.71. The normalized spacial score (nSPS) is 28.4. The summed E-state index contributed by atoms with van der Waals surface area (Å²) in [6.45, 7) is 13.5. The molecule has 0 amide bonds. The van der Waals surface area contributed by atoms with Crippen molar-refractivity contribution in [3.05, 3.63) is 0 Å². The van der Waals surface area contributed by atoms with E-state index in [2.05, 4.69) is 54.7 Å². The van der Waals surface area contributed by atoms with Crippen LogP contribution in [0.4, 0.5) is 0 Å². The summed E-state index contributed by atoms with van der Waals surface area (Å²) in [5.41, 5.74) is 0. The topological polar surface area (TPSA) is 30.9 Å². The van der Waals surface area contributed by atoms with Crippen LogP contribution in [0.2, 0.25) is 0 Å². The van der Waals surface area contributed by atoms with E-state index in [4.69, 9.17) is 4.99 Å². The van der Waals surface area contributed by atoms with Gasteiger partial charge in [0.2, 0.25) is 0 Å². The van der Waals surface area contributed by atoms with Gasteiger partial charge in [0, 0.05) is 43.7 Å². The number of aliphatic imine (C=N–C) groups is 1. The zero-order valence-corrected chi connectivity index (χ0v) is 15.0. The summed E-state index contributed by atoms with van der Waals surface area (Å²) >= 11 is 2.12. The molecular formula is C16H32N4S. The Hall–Kier alpha value is -0.420. The standard InChI is InChI=1S/C16H32N4S/c1-5-17-16(18-10-14-6-7-19(4)11-14)20-8-9-21-15(12-20)13(2)3/h13-15H,5-12H2,1-4H3,(H,17,18). The first-order valence-corrected chi connectivity index (χ1v) is 9.48. The first kappa shape index (κ1) is 16.9. The van der Waals surface area contributed by atoms with Gasteiger partial charge in [0.15, 0.2) is 5.96 Å². The van der Waals surface area contributed by atoms with Crippen molar-refractivity contribution >= 4 is 17.7 Å². The lowest BCUT2D eigenvalue weighted by Gasteiger charge is -2.36. The molecule has 4 nitrogen and oxygen atoms in total. The maximum atomic E-state index is 4.94. The monoisotopic (exact) mass is 312 g/mol. The smallest absolute Gasteiger partial charge is 0.193 e. The zero-order valence-electron chi connectivity index (χ0n) is 14.1. The molecule has 5 heteroatoms. The van der Waals surface area contributed by atoms with Crippen molar-refractivity contribution in [1.29, 1.82) is 0 Å². The fourth-order valence-electron chi connectivity index (χ4n) is 3.09. The maximum absolute atomic E-state index is 4.94. The summed E-state index contributed by atoms with van der Waals surface area (Å²) in [6, 6.07) is 0. The van der Waals surface area contributed by atoms with Crippen LogP contribution in [0, 0.1) is 11.8 Å². The molecule has 0 aromatic carbocycles. The average Bonchev–Trinajstić information content (AvgIpc) is 2.89. The Balaban J connectivity index is 1.93. The Labute approximate surface area is 134 Å². The van der Waals surface area contributed by atoms with Crippen molar-refractivity contribution in [3.63, 3.8) is 0 Å². The van der Waals surface area contributed by atoms with Gasteiger partial charge < -0.3 is 15.1 Å². The third-order valence-electron chi connectivity index (χ3n) is 4.46. The Morgan fingerprint density at radius 2 is 2.14 bits per heavy atom. The minimum atomic E-state index is 0.736. The van der Waals surface area contributed by atoms with E-state index in [0.29, 0.717) is 0 Å². The Morgan fingerprint density at radius 1 is 1.33 bits per heavy atom. The molecule has 0 aliphatic carbocycles. The Bertz CT molecular complexity index is 345. The van der Waals surface area contributed by atoms with Crippen molar-refractivity contribution in [1.82, 2.24) is 15.1 Å². The molecule has 2 atom stereocenters. The highest BCUT2D eigenvalue weighted by Crippen LogP contribution is 2.25. The van der Waals surface area contributed by atoms with Crippen LogP contribution in [-0.4, -0.2) is 73.1 Å². The van der Waals surface area contributed by atoms with Crippen LogP contribution in [-0.2, 0) is 0 Å².